The minimum absolute atomic E-state index is 0.00435. The lowest BCUT2D eigenvalue weighted by atomic mass is 9.47. The Morgan fingerprint density at radius 1 is 1.30 bits per heavy atom. The van der Waals surface area contributed by atoms with Crippen molar-refractivity contribution in [2.45, 2.75) is 80.8 Å². The molecule has 2 heterocycles. The number of aromatic hydroxyl groups is 1. The summed E-state index contributed by atoms with van der Waals surface area (Å²) in [7, 11) is 2.31. The summed E-state index contributed by atoms with van der Waals surface area (Å²) in [6.07, 6.45) is 3.61. The highest BCUT2D eigenvalue weighted by Gasteiger charge is 2.79. The maximum Gasteiger partial charge on any atom is 0.165 e. The molecule has 7 atom stereocenters. The second-order valence-corrected chi connectivity index (χ2v) is 10.7. The number of quaternary nitrogens is 1. The molecule has 0 radical (unpaired) electrons. The molecule has 1 spiro atoms. The van der Waals surface area contributed by atoms with E-state index in [1.54, 1.807) is 6.07 Å². The molecule has 3 fully saturated rings. The van der Waals surface area contributed by atoms with Gasteiger partial charge in [-0.1, -0.05) is 13.0 Å². The summed E-state index contributed by atoms with van der Waals surface area (Å²) in [5, 5.41) is 34.5. The summed E-state index contributed by atoms with van der Waals surface area (Å²) < 4.78 is 13.4. The maximum absolute atomic E-state index is 12.8. The van der Waals surface area contributed by atoms with Crippen molar-refractivity contribution in [1.82, 2.24) is 0 Å². The van der Waals surface area contributed by atoms with Gasteiger partial charge in [0.1, 0.15) is 12.1 Å². The number of aliphatic hydroxyl groups is 2. The molecule has 0 amide bonds. The van der Waals surface area contributed by atoms with Crippen molar-refractivity contribution in [1.29, 1.82) is 0 Å². The maximum atomic E-state index is 12.8. The second-order valence-electron chi connectivity index (χ2n) is 10.7. The third-order valence-electron chi connectivity index (χ3n) is 9.00. The molecular formula is C24H34NO5+. The zero-order valence-corrected chi connectivity index (χ0v) is 18.0. The van der Waals surface area contributed by atoms with Gasteiger partial charge in [0.25, 0.3) is 0 Å². The van der Waals surface area contributed by atoms with Crippen LogP contribution in [0.3, 0.4) is 0 Å². The highest BCUT2D eigenvalue weighted by Crippen LogP contribution is 2.66. The molecule has 1 aromatic rings. The van der Waals surface area contributed by atoms with E-state index in [2.05, 4.69) is 14.0 Å². The van der Waals surface area contributed by atoms with Crippen LogP contribution in [0.15, 0.2) is 12.1 Å². The van der Waals surface area contributed by atoms with E-state index in [1.807, 2.05) is 6.07 Å². The van der Waals surface area contributed by atoms with Gasteiger partial charge in [-0.15, -0.1) is 0 Å². The number of hydrogen-bond donors (Lipinski definition) is 3. The molecule has 6 nitrogen and oxygen atoms in total. The SMILES string of the molecule is CCCOC1C[C@@H](O)[C@@H]2Oc3c(O)ccc4c3[C@@]23CC[N+](C)(CC2CC2)[C@H](C4)C13O. The van der Waals surface area contributed by atoms with Crippen molar-refractivity contribution in [2.75, 3.05) is 26.7 Å². The molecule has 164 valence electrons. The molecule has 2 saturated carbocycles. The van der Waals surface area contributed by atoms with Crippen LogP contribution in [0, 0.1) is 5.92 Å². The highest BCUT2D eigenvalue weighted by atomic mass is 16.5. The lowest BCUT2D eigenvalue weighted by molar-refractivity contribution is -0.951. The topological polar surface area (TPSA) is 79.2 Å². The number of hydrogen-bond acceptors (Lipinski definition) is 5. The Kier molecular flexibility index (Phi) is 3.95. The van der Waals surface area contributed by atoms with Crippen LogP contribution in [0.1, 0.15) is 50.2 Å². The van der Waals surface area contributed by atoms with E-state index in [0.29, 0.717) is 18.8 Å². The van der Waals surface area contributed by atoms with E-state index in [9.17, 15) is 15.3 Å². The van der Waals surface area contributed by atoms with Crippen LogP contribution in [0.25, 0.3) is 0 Å². The average Bonchev–Trinajstić information content (AvgIpc) is 3.44. The molecule has 1 saturated heterocycles. The van der Waals surface area contributed by atoms with Crippen LogP contribution in [0.4, 0.5) is 0 Å². The van der Waals surface area contributed by atoms with E-state index in [1.165, 1.54) is 12.8 Å². The third kappa shape index (κ3) is 2.18. The number of likely N-dealkylation sites (N-methyl/N-ethyl adjacent to an activating group) is 1. The molecule has 3 N–H and O–H groups in total. The fourth-order valence-corrected chi connectivity index (χ4v) is 7.60. The van der Waals surface area contributed by atoms with Crippen molar-refractivity contribution < 1.29 is 29.3 Å². The number of piperidine rings is 1. The molecule has 2 aliphatic heterocycles. The zero-order chi connectivity index (χ0) is 20.9. The monoisotopic (exact) mass is 416 g/mol. The quantitative estimate of drug-likeness (QED) is 0.639. The molecule has 30 heavy (non-hydrogen) atoms. The van der Waals surface area contributed by atoms with Gasteiger partial charge in [0.2, 0.25) is 0 Å². The van der Waals surface area contributed by atoms with E-state index >= 15 is 0 Å². The number of rotatable bonds is 5. The van der Waals surface area contributed by atoms with Gasteiger partial charge >= 0.3 is 0 Å². The summed E-state index contributed by atoms with van der Waals surface area (Å²) in [6.45, 7) is 4.69. The Morgan fingerprint density at radius 3 is 2.83 bits per heavy atom. The predicted molar refractivity (Wildman–Crippen MR) is 111 cm³/mol. The molecule has 5 aliphatic rings. The van der Waals surface area contributed by atoms with Gasteiger partial charge in [-0.05, 0) is 30.9 Å². The molecule has 0 aromatic heterocycles. The Morgan fingerprint density at radius 2 is 2.10 bits per heavy atom. The largest absolute Gasteiger partial charge is 0.504 e. The van der Waals surface area contributed by atoms with Gasteiger partial charge < -0.3 is 29.3 Å². The number of likely N-dealkylation sites (tertiary alicyclic amines) is 1. The van der Waals surface area contributed by atoms with Crippen LogP contribution < -0.4 is 4.74 Å². The van der Waals surface area contributed by atoms with Crippen molar-refractivity contribution in [3.63, 3.8) is 0 Å². The van der Waals surface area contributed by atoms with Crippen LogP contribution in [0.2, 0.25) is 0 Å². The number of phenolic OH excluding ortho intramolecular Hbond substituents is 1. The summed E-state index contributed by atoms with van der Waals surface area (Å²) in [5.74, 6) is 1.34. The average molecular weight is 417 g/mol. The van der Waals surface area contributed by atoms with Crippen molar-refractivity contribution >= 4 is 0 Å². The number of aliphatic hydroxyl groups excluding tert-OH is 1. The number of nitrogens with zero attached hydrogens (tertiary/aromatic N) is 1. The van der Waals surface area contributed by atoms with Gasteiger partial charge in [0.15, 0.2) is 17.1 Å². The summed E-state index contributed by atoms with van der Waals surface area (Å²) in [4.78, 5) is 0. The summed E-state index contributed by atoms with van der Waals surface area (Å²) in [6, 6.07) is 3.71. The number of ether oxygens (including phenoxy) is 2. The summed E-state index contributed by atoms with van der Waals surface area (Å²) in [5.41, 5.74) is 0.243. The zero-order valence-electron chi connectivity index (χ0n) is 18.0. The number of benzene rings is 1. The molecule has 6 rings (SSSR count). The Hall–Kier alpha value is -1.34. The van der Waals surface area contributed by atoms with Crippen molar-refractivity contribution in [3.05, 3.63) is 23.3 Å². The molecule has 1 aromatic carbocycles. The normalized spacial score (nSPS) is 45.7. The minimum atomic E-state index is -1.12. The fraction of sp³-hybridized carbons (Fsp3) is 0.750. The van der Waals surface area contributed by atoms with E-state index < -0.39 is 29.3 Å². The minimum Gasteiger partial charge on any atom is -0.504 e. The number of phenols is 1. The molecule has 2 bridgehead atoms. The van der Waals surface area contributed by atoms with Gasteiger partial charge in [-0.2, -0.15) is 0 Å². The van der Waals surface area contributed by atoms with Gasteiger partial charge in [0, 0.05) is 37.4 Å². The van der Waals surface area contributed by atoms with Gasteiger partial charge in [0.05, 0.1) is 37.8 Å². The van der Waals surface area contributed by atoms with E-state index in [0.717, 1.165) is 53.9 Å². The van der Waals surface area contributed by atoms with Crippen molar-refractivity contribution in [3.8, 4) is 11.5 Å². The smallest absolute Gasteiger partial charge is 0.165 e. The molecule has 3 unspecified atom stereocenters. The second kappa shape index (κ2) is 6.12. The fourth-order valence-electron chi connectivity index (χ4n) is 7.60. The Labute approximate surface area is 178 Å². The van der Waals surface area contributed by atoms with Crippen LogP contribution in [0.5, 0.6) is 11.5 Å². The Balaban J connectivity index is 1.57. The van der Waals surface area contributed by atoms with Gasteiger partial charge in [-0.25, -0.2) is 0 Å². The molecule has 6 heteroatoms. The Bertz CT molecular complexity index is 887. The van der Waals surface area contributed by atoms with Crippen LogP contribution in [-0.4, -0.2) is 76.5 Å². The molecule has 3 aliphatic carbocycles. The molecular weight excluding hydrogens is 382 g/mol. The first-order valence-electron chi connectivity index (χ1n) is 11.7. The predicted octanol–water partition coefficient (Wildman–Crippen LogP) is 1.87. The van der Waals surface area contributed by atoms with Gasteiger partial charge in [-0.3, -0.25) is 0 Å². The third-order valence-corrected chi connectivity index (χ3v) is 9.00. The van der Waals surface area contributed by atoms with Crippen LogP contribution in [-0.2, 0) is 16.6 Å². The lowest BCUT2D eigenvalue weighted by Gasteiger charge is -2.67. The van der Waals surface area contributed by atoms with Crippen molar-refractivity contribution in [2.24, 2.45) is 5.92 Å². The first kappa shape index (κ1) is 19.4. The highest BCUT2D eigenvalue weighted by molar-refractivity contribution is 5.62. The standard InChI is InChI=1S/C24H33NO5/c1-3-10-29-19-12-17(27)22-23-8-9-25(2,13-14-4-5-14)18(24(19,23)28)11-15-6-7-16(26)21(30-22)20(15)23/h6-7,14,17-19,22,27-28H,3-5,8-13H2,1-2H3/p+1/t17-,18-,19?,22+,23+,24?,25?/m1/s1. The first-order chi connectivity index (χ1) is 14.3. The summed E-state index contributed by atoms with van der Waals surface area (Å²) >= 11 is 0. The van der Waals surface area contributed by atoms with E-state index in [-0.39, 0.29) is 11.8 Å². The first-order valence-corrected chi connectivity index (χ1v) is 11.7. The van der Waals surface area contributed by atoms with E-state index in [4.69, 9.17) is 9.47 Å². The lowest BCUT2D eigenvalue weighted by Crippen LogP contribution is -2.85. The van der Waals surface area contributed by atoms with Crippen LogP contribution >= 0.6 is 0 Å².